The fourth-order valence-corrected chi connectivity index (χ4v) is 8.47. The molecule has 0 radical (unpaired) electrons. The number of hydrogen-bond donors (Lipinski definition) is 3. The van der Waals surface area contributed by atoms with Gasteiger partial charge in [-0.25, -0.2) is 0 Å². The zero-order chi connectivity index (χ0) is 29.6. The predicted octanol–water partition coefficient (Wildman–Crippen LogP) is 4.50. The lowest BCUT2D eigenvalue weighted by atomic mass is 9.44. The summed E-state index contributed by atoms with van der Waals surface area (Å²) in [6.45, 7) is 20.7. The number of nitrogens with one attached hydrogen (secondary N) is 1. The van der Waals surface area contributed by atoms with Gasteiger partial charge in [-0.1, -0.05) is 47.6 Å². The number of esters is 1. The van der Waals surface area contributed by atoms with Crippen molar-refractivity contribution in [2.75, 3.05) is 12.3 Å². The van der Waals surface area contributed by atoms with E-state index in [1.807, 2.05) is 40.7 Å². The van der Waals surface area contributed by atoms with Crippen molar-refractivity contribution in [3.63, 3.8) is 0 Å². The summed E-state index contributed by atoms with van der Waals surface area (Å²) in [7, 11) is 0. The van der Waals surface area contributed by atoms with E-state index < -0.39 is 33.8 Å². The summed E-state index contributed by atoms with van der Waals surface area (Å²) in [6, 6.07) is -0.573. The lowest BCUT2D eigenvalue weighted by Gasteiger charge is -2.61. The van der Waals surface area contributed by atoms with E-state index in [0.717, 1.165) is 19.3 Å². The molecule has 222 valence electrons. The van der Waals surface area contributed by atoms with Crippen molar-refractivity contribution in [3.8, 4) is 0 Å². The number of carbonyl (C=O) groups excluding carboxylic acids is 3. The van der Waals surface area contributed by atoms with E-state index in [-0.39, 0.29) is 52.5 Å². The number of ether oxygens (including phenoxy) is 1. The third-order valence-electron chi connectivity index (χ3n) is 10.9. The molecular formula is C31H52N2O5S. The molecule has 3 saturated carbocycles. The van der Waals surface area contributed by atoms with Gasteiger partial charge in [-0.15, -0.1) is 18.3 Å². The van der Waals surface area contributed by atoms with Gasteiger partial charge in [0.25, 0.3) is 0 Å². The molecule has 0 aromatic heterocycles. The SMILES string of the molecule is C=C[C@]1(C)C[C@@H](OC(=O)CSC(C)(C)CNC(=O)[C@H](N)C(C)C)[C@@]2(C)[C@H](C)CC[C@@]3(CCC(=O)[C@H]32)[C@@H](C)[C@@H]1O. The van der Waals surface area contributed by atoms with Crippen LogP contribution in [0.1, 0.15) is 87.5 Å². The molecule has 9 atom stereocenters. The van der Waals surface area contributed by atoms with E-state index in [2.05, 4.69) is 32.7 Å². The van der Waals surface area contributed by atoms with E-state index in [9.17, 15) is 19.5 Å². The molecule has 4 N–H and O–H groups in total. The molecule has 0 unspecified atom stereocenters. The lowest BCUT2D eigenvalue weighted by Crippen LogP contribution is -2.63. The first kappa shape index (κ1) is 32.1. The first-order chi connectivity index (χ1) is 17.9. The number of rotatable bonds is 9. The minimum atomic E-state index is -0.684. The lowest BCUT2D eigenvalue weighted by molar-refractivity contribution is -0.205. The molecule has 39 heavy (non-hydrogen) atoms. The molecule has 2 bridgehead atoms. The summed E-state index contributed by atoms with van der Waals surface area (Å²) in [4.78, 5) is 39.2. The summed E-state index contributed by atoms with van der Waals surface area (Å²) in [5.41, 5.74) is 4.49. The number of aliphatic hydroxyl groups excluding tert-OH is 1. The van der Waals surface area contributed by atoms with Gasteiger partial charge < -0.3 is 20.9 Å². The second-order valence-corrected chi connectivity index (χ2v) is 15.8. The van der Waals surface area contributed by atoms with Crippen molar-refractivity contribution in [1.82, 2.24) is 5.32 Å². The molecule has 3 aliphatic rings. The highest BCUT2D eigenvalue weighted by atomic mass is 32.2. The number of ketones is 1. The Morgan fingerprint density at radius 2 is 1.92 bits per heavy atom. The number of carbonyl (C=O) groups is 3. The average Bonchev–Trinajstić information content (AvgIpc) is 3.24. The smallest absolute Gasteiger partial charge is 0.316 e. The van der Waals surface area contributed by atoms with E-state index in [1.54, 1.807) is 0 Å². The Kier molecular flexibility index (Phi) is 9.46. The largest absolute Gasteiger partial charge is 0.461 e. The fraction of sp³-hybridized carbons (Fsp3) is 0.839. The highest BCUT2D eigenvalue weighted by molar-refractivity contribution is 8.01. The van der Waals surface area contributed by atoms with Gasteiger partial charge in [0, 0.05) is 34.5 Å². The van der Waals surface area contributed by atoms with Crippen molar-refractivity contribution in [1.29, 1.82) is 0 Å². The van der Waals surface area contributed by atoms with Crippen molar-refractivity contribution >= 4 is 29.4 Å². The summed E-state index contributed by atoms with van der Waals surface area (Å²) in [5, 5.41) is 14.6. The molecular weight excluding hydrogens is 512 g/mol. The standard InChI is InChI=1S/C31H52N2O5S/c1-10-29(8)15-22(38-23(35)16-39-28(6,7)17-33-27(37)24(32)18(2)3)30(9)19(4)11-13-31(20(5)26(29)36)14-12-21(34)25(30)31/h10,18-20,22,24-26,36H,1,11-17,32H2,2-9H3,(H,33,37)/t19-,20+,22-,24-,25+,26+,29-,30-,31-/m1/s1. The highest BCUT2D eigenvalue weighted by Gasteiger charge is 2.68. The van der Waals surface area contributed by atoms with Gasteiger partial charge in [-0.05, 0) is 62.7 Å². The van der Waals surface area contributed by atoms with E-state index in [0.29, 0.717) is 19.4 Å². The molecule has 0 saturated heterocycles. The number of hydrogen-bond acceptors (Lipinski definition) is 7. The molecule has 0 aromatic rings. The molecule has 0 aliphatic heterocycles. The Hall–Kier alpha value is -1.38. The van der Waals surface area contributed by atoms with Crippen LogP contribution >= 0.6 is 11.8 Å². The third kappa shape index (κ3) is 5.85. The van der Waals surface area contributed by atoms with Crippen LogP contribution in [0.3, 0.4) is 0 Å². The molecule has 0 spiro atoms. The van der Waals surface area contributed by atoms with Gasteiger partial charge in [0.2, 0.25) is 5.91 Å². The quantitative estimate of drug-likeness (QED) is 0.279. The molecule has 0 aromatic carbocycles. The molecule has 3 aliphatic carbocycles. The number of aliphatic hydroxyl groups is 1. The molecule has 0 heterocycles. The minimum absolute atomic E-state index is 0.0382. The predicted molar refractivity (Wildman–Crippen MR) is 157 cm³/mol. The van der Waals surface area contributed by atoms with Gasteiger partial charge in [0.15, 0.2) is 0 Å². The first-order valence-electron chi connectivity index (χ1n) is 14.7. The van der Waals surface area contributed by atoms with Crippen LogP contribution in [0.2, 0.25) is 0 Å². The average molecular weight is 565 g/mol. The second-order valence-electron chi connectivity index (χ2n) is 14.1. The fourth-order valence-electron chi connectivity index (χ4n) is 7.72. The summed E-state index contributed by atoms with van der Waals surface area (Å²) in [5.74, 6) is -0.243. The van der Waals surface area contributed by atoms with Gasteiger partial charge in [0.05, 0.1) is 17.9 Å². The van der Waals surface area contributed by atoms with Crippen LogP contribution in [-0.2, 0) is 19.1 Å². The second kappa shape index (κ2) is 11.5. The Labute approximate surface area is 239 Å². The van der Waals surface area contributed by atoms with Crippen molar-refractivity contribution in [3.05, 3.63) is 12.7 Å². The van der Waals surface area contributed by atoms with Crippen molar-refractivity contribution < 1.29 is 24.2 Å². The van der Waals surface area contributed by atoms with Crippen LogP contribution in [0.4, 0.5) is 0 Å². The van der Waals surface area contributed by atoms with E-state index >= 15 is 0 Å². The maximum atomic E-state index is 13.5. The Balaban J connectivity index is 1.82. The Bertz CT molecular complexity index is 969. The first-order valence-corrected chi connectivity index (χ1v) is 15.6. The maximum absolute atomic E-state index is 13.5. The van der Waals surface area contributed by atoms with Gasteiger partial charge in [-0.3, -0.25) is 14.4 Å². The zero-order valence-electron chi connectivity index (χ0n) is 25.3. The summed E-state index contributed by atoms with van der Waals surface area (Å²) < 4.78 is 5.92. The topological polar surface area (TPSA) is 119 Å². The van der Waals surface area contributed by atoms with Crippen molar-refractivity contribution in [2.45, 2.75) is 110 Å². The molecule has 3 rings (SSSR count). The number of amides is 1. The van der Waals surface area contributed by atoms with Crippen LogP contribution in [0.15, 0.2) is 12.7 Å². The van der Waals surface area contributed by atoms with Crippen LogP contribution in [0.25, 0.3) is 0 Å². The number of Topliss-reactive ketones (excluding diaryl/α,β-unsaturated/α-hetero) is 1. The van der Waals surface area contributed by atoms with Crippen LogP contribution in [0, 0.1) is 39.9 Å². The summed E-state index contributed by atoms with van der Waals surface area (Å²) >= 11 is 1.43. The Morgan fingerprint density at radius 3 is 2.51 bits per heavy atom. The van der Waals surface area contributed by atoms with Crippen LogP contribution in [-0.4, -0.2) is 58.1 Å². The molecule has 3 fully saturated rings. The summed E-state index contributed by atoms with van der Waals surface area (Å²) in [6.07, 6.45) is 4.17. The molecule has 1 amide bonds. The minimum Gasteiger partial charge on any atom is -0.461 e. The van der Waals surface area contributed by atoms with E-state index in [1.165, 1.54) is 11.8 Å². The number of thioether (sulfide) groups is 1. The van der Waals surface area contributed by atoms with Crippen LogP contribution < -0.4 is 11.1 Å². The number of nitrogens with two attached hydrogens (primary N) is 1. The van der Waals surface area contributed by atoms with Gasteiger partial charge >= 0.3 is 5.97 Å². The Morgan fingerprint density at radius 1 is 1.28 bits per heavy atom. The third-order valence-corrected chi connectivity index (χ3v) is 12.2. The molecule has 8 heteroatoms. The zero-order valence-corrected chi connectivity index (χ0v) is 26.2. The van der Waals surface area contributed by atoms with Gasteiger partial charge in [0.1, 0.15) is 11.9 Å². The van der Waals surface area contributed by atoms with Gasteiger partial charge in [-0.2, -0.15) is 0 Å². The molecule has 7 nitrogen and oxygen atoms in total. The monoisotopic (exact) mass is 564 g/mol. The van der Waals surface area contributed by atoms with E-state index in [4.69, 9.17) is 10.5 Å². The van der Waals surface area contributed by atoms with Crippen LogP contribution in [0.5, 0.6) is 0 Å². The van der Waals surface area contributed by atoms with Crippen molar-refractivity contribution in [2.24, 2.45) is 45.7 Å². The highest BCUT2D eigenvalue weighted by Crippen LogP contribution is 2.68. The maximum Gasteiger partial charge on any atom is 0.316 e. The normalized spacial score (nSPS) is 39.4.